The van der Waals surface area contributed by atoms with Crippen LogP contribution in [0.25, 0.3) is 11.2 Å². The molecule has 35 heavy (non-hydrogen) atoms. The van der Waals surface area contributed by atoms with Crippen molar-refractivity contribution in [2.75, 3.05) is 37.7 Å². The van der Waals surface area contributed by atoms with E-state index in [0.717, 1.165) is 11.4 Å². The third-order valence-corrected chi connectivity index (χ3v) is 6.30. The molecule has 1 fully saturated rings. The number of piperazine rings is 1. The van der Waals surface area contributed by atoms with E-state index in [1.165, 1.54) is 5.56 Å². The van der Waals surface area contributed by atoms with Crippen molar-refractivity contribution in [1.82, 2.24) is 29.9 Å². The number of hydrogen-bond donors (Lipinski definition) is 0. The van der Waals surface area contributed by atoms with Gasteiger partial charge in [-0.25, -0.2) is 14.6 Å². The van der Waals surface area contributed by atoms with E-state index < -0.39 is 0 Å². The standard InChI is InChI=1S/C26H29N7O2/c1-19(2)21-8-10-22(11-9-21)35-17-23(34)31-12-14-32(15-13-31)25-24-26(28-18-27-25)33(30-29-24)16-20-6-4-3-5-7-20/h3-11,18-19H,12-17H2,1-2H3. The van der Waals surface area contributed by atoms with Crippen LogP contribution in [-0.2, 0) is 11.3 Å². The minimum Gasteiger partial charge on any atom is -0.484 e. The zero-order valence-electron chi connectivity index (χ0n) is 20.0. The van der Waals surface area contributed by atoms with Crippen molar-refractivity contribution in [3.05, 3.63) is 72.1 Å². The summed E-state index contributed by atoms with van der Waals surface area (Å²) in [5.74, 6) is 1.91. The minimum atomic E-state index is -0.0146. The Labute approximate surface area is 204 Å². The Hall–Kier alpha value is -4.01. The van der Waals surface area contributed by atoms with Gasteiger partial charge in [-0.3, -0.25) is 4.79 Å². The van der Waals surface area contributed by atoms with Crippen LogP contribution in [0.4, 0.5) is 5.82 Å². The Kier molecular flexibility index (Phi) is 6.56. The summed E-state index contributed by atoms with van der Waals surface area (Å²) in [5, 5.41) is 8.68. The second-order valence-corrected chi connectivity index (χ2v) is 8.98. The summed E-state index contributed by atoms with van der Waals surface area (Å²) in [6, 6.07) is 18.0. The van der Waals surface area contributed by atoms with Gasteiger partial charge in [0.15, 0.2) is 23.6 Å². The summed E-state index contributed by atoms with van der Waals surface area (Å²) in [7, 11) is 0. The van der Waals surface area contributed by atoms with E-state index in [1.807, 2.05) is 47.4 Å². The highest BCUT2D eigenvalue weighted by Crippen LogP contribution is 2.23. The normalized spacial score (nSPS) is 14.0. The lowest BCUT2D eigenvalue weighted by atomic mass is 10.0. The van der Waals surface area contributed by atoms with Gasteiger partial charge in [0, 0.05) is 26.2 Å². The maximum Gasteiger partial charge on any atom is 0.260 e. The number of carbonyl (C=O) groups excluding carboxylic acids is 1. The quantitative estimate of drug-likeness (QED) is 0.409. The molecule has 1 aliphatic rings. The fourth-order valence-electron chi connectivity index (χ4n) is 4.23. The van der Waals surface area contributed by atoms with E-state index in [9.17, 15) is 4.79 Å². The molecule has 4 aromatic rings. The summed E-state index contributed by atoms with van der Waals surface area (Å²) in [6.07, 6.45) is 1.55. The third kappa shape index (κ3) is 5.08. The molecule has 2 aromatic carbocycles. The predicted molar refractivity (Wildman–Crippen MR) is 133 cm³/mol. The number of benzene rings is 2. The van der Waals surface area contributed by atoms with Crippen molar-refractivity contribution < 1.29 is 9.53 Å². The molecular formula is C26H29N7O2. The summed E-state index contributed by atoms with van der Waals surface area (Å²) in [5.41, 5.74) is 3.76. The van der Waals surface area contributed by atoms with E-state index in [-0.39, 0.29) is 12.5 Å². The fourth-order valence-corrected chi connectivity index (χ4v) is 4.23. The lowest BCUT2D eigenvalue weighted by molar-refractivity contribution is -0.133. The van der Waals surface area contributed by atoms with Crippen LogP contribution in [0.2, 0.25) is 0 Å². The van der Waals surface area contributed by atoms with E-state index in [2.05, 4.69) is 51.2 Å². The first-order valence-electron chi connectivity index (χ1n) is 11.9. The largest absolute Gasteiger partial charge is 0.484 e. The molecule has 1 aliphatic heterocycles. The molecule has 0 radical (unpaired) electrons. The molecule has 0 bridgehead atoms. The number of nitrogens with zero attached hydrogens (tertiary/aromatic N) is 7. The maximum absolute atomic E-state index is 12.7. The van der Waals surface area contributed by atoms with Gasteiger partial charge < -0.3 is 14.5 Å². The number of amides is 1. The first-order chi connectivity index (χ1) is 17.1. The highest BCUT2D eigenvalue weighted by atomic mass is 16.5. The zero-order chi connectivity index (χ0) is 24.2. The van der Waals surface area contributed by atoms with Gasteiger partial charge in [-0.2, -0.15) is 0 Å². The summed E-state index contributed by atoms with van der Waals surface area (Å²) >= 11 is 0. The van der Waals surface area contributed by atoms with Crippen LogP contribution < -0.4 is 9.64 Å². The maximum atomic E-state index is 12.7. The third-order valence-electron chi connectivity index (χ3n) is 6.30. The molecule has 0 atom stereocenters. The molecule has 2 aromatic heterocycles. The number of rotatable bonds is 7. The molecule has 3 heterocycles. The van der Waals surface area contributed by atoms with Crippen molar-refractivity contribution in [2.45, 2.75) is 26.3 Å². The highest BCUT2D eigenvalue weighted by Gasteiger charge is 2.25. The first-order valence-corrected chi connectivity index (χ1v) is 11.9. The molecule has 9 nitrogen and oxygen atoms in total. The molecule has 9 heteroatoms. The van der Waals surface area contributed by atoms with E-state index in [4.69, 9.17) is 4.74 Å². The Morgan fingerprint density at radius 1 is 0.971 bits per heavy atom. The van der Waals surface area contributed by atoms with E-state index in [0.29, 0.717) is 55.6 Å². The van der Waals surface area contributed by atoms with Gasteiger partial charge in [0.25, 0.3) is 5.91 Å². The summed E-state index contributed by atoms with van der Waals surface area (Å²) < 4.78 is 7.52. The van der Waals surface area contributed by atoms with Crippen molar-refractivity contribution in [2.24, 2.45) is 0 Å². The van der Waals surface area contributed by atoms with Crippen LogP contribution in [0.5, 0.6) is 5.75 Å². The summed E-state index contributed by atoms with van der Waals surface area (Å²) in [6.45, 7) is 7.44. The molecule has 0 N–H and O–H groups in total. The second-order valence-electron chi connectivity index (χ2n) is 8.98. The Balaban J connectivity index is 1.19. The number of carbonyl (C=O) groups is 1. The molecule has 0 spiro atoms. The average molecular weight is 472 g/mol. The Morgan fingerprint density at radius 3 is 2.43 bits per heavy atom. The van der Waals surface area contributed by atoms with Crippen LogP contribution >= 0.6 is 0 Å². The van der Waals surface area contributed by atoms with Crippen molar-refractivity contribution >= 4 is 22.9 Å². The van der Waals surface area contributed by atoms with Gasteiger partial charge in [0.1, 0.15) is 12.1 Å². The monoisotopic (exact) mass is 471 g/mol. The minimum absolute atomic E-state index is 0.0146. The van der Waals surface area contributed by atoms with Crippen LogP contribution in [0.1, 0.15) is 30.9 Å². The predicted octanol–water partition coefficient (Wildman–Crippen LogP) is 3.12. The lowest BCUT2D eigenvalue weighted by Gasteiger charge is -2.35. The van der Waals surface area contributed by atoms with Gasteiger partial charge in [0.2, 0.25) is 0 Å². The molecule has 1 amide bonds. The van der Waals surface area contributed by atoms with Gasteiger partial charge in [-0.1, -0.05) is 61.5 Å². The molecule has 1 saturated heterocycles. The lowest BCUT2D eigenvalue weighted by Crippen LogP contribution is -2.50. The molecule has 180 valence electrons. The fraction of sp³-hybridized carbons (Fsp3) is 0.346. The SMILES string of the molecule is CC(C)c1ccc(OCC(=O)N2CCN(c3ncnc4c3nnn4Cc3ccccc3)CC2)cc1. The summed E-state index contributed by atoms with van der Waals surface area (Å²) in [4.78, 5) is 25.6. The molecular weight excluding hydrogens is 442 g/mol. The van der Waals surface area contributed by atoms with Gasteiger partial charge >= 0.3 is 0 Å². The van der Waals surface area contributed by atoms with Crippen molar-refractivity contribution in [3.8, 4) is 5.75 Å². The van der Waals surface area contributed by atoms with Crippen LogP contribution in [-0.4, -0.2) is 68.6 Å². The topological polar surface area (TPSA) is 89.3 Å². The number of anilines is 1. The van der Waals surface area contributed by atoms with E-state index >= 15 is 0 Å². The zero-order valence-corrected chi connectivity index (χ0v) is 20.0. The van der Waals surface area contributed by atoms with Crippen LogP contribution in [0.15, 0.2) is 60.9 Å². The molecule has 0 aliphatic carbocycles. The highest BCUT2D eigenvalue weighted by molar-refractivity contribution is 5.83. The Morgan fingerprint density at radius 2 is 1.71 bits per heavy atom. The van der Waals surface area contributed by atoms with Gasteiger partial charge in [-0.05, 0) is 29.2 Å². The molecule has 0 unspecified atom stereocenters. The number of ether oxygens (including phenoxy) is 1. The van der Waals surface area contributed by atoms with Gasteiger partial charge in [-0.15, -0.1) is 5.10 Å². The van der Waals surface area contributed by atoms with Gasteiger partial charge in [0.05, 0.1) is 6.54 Å². The number of hydrogen-bond acceptors (Lipinski definition) is 7. The Bertz CT molecular complexity index is 1280. The van der Waals surface area contributed by atoms with Crippen LogP contribution in [0, 0.1) is 0 Å². The number of fused-ring (bicyclic) bond motifs is 1. The first kappa shape index (κ1) is 22.8. The van der Waals surface area contributed by atoms with Crippen LogP contribution in [0.3, 0.4) is 0 Å². The van der Waals surface area contributed by atoms with Crippen molar-refractivity contribution in [3.63, 3.8) is 0 Å². The number of aromatic nitrogens is 5. The smallest absolute Gasteiger partial charge is 0.260 e. The average Bonchev–Trinajstić information content (AvgIpc) is 3.31. The van der Waals surface area contributed by atoms with Crippen molar-refractivity contribution in [1.29, 1.82) is 0 Å². The molecule has 0 saturated carbocycles. The second kappa shape index (κ2) is 10.1. The van der Waals surface area contributed by atoms with E-state index in [1.54, 1.807) is 11.0 Å². The molecule has 5 rings (SSSR count).